The number of rotatable bonds is 6. The number of fused-ring (bicyclic) bond motifs is 3. The van der Waals surface area contributed by atoms with Crippen LogP contribution in [0.4, 0.5) is 0 Å². The fraction of sp³-hybridized carbons (Fsp3) is 0.568. The molecule has 2 aromatic carbocycles. The molecule has 3 atom stereocenters. The lowest BCUT2D eigenvalue weighted by molar-refractivity contribution is -0.164. The highest BCUT2D eigenvalue weighted by Gasteiger charge is 2.39. The van der Waals surface area contributed by atoms with Crippen molar-refractivity contribution < 1.29 is 33.3 Å². The molecule has 244 valence electrons. The summed E-state index contributed by atoms with van der Waals surface area (Å²) in [7, 11) is 3.24. The van der Waals surface area contributed by atoms with Gasteiger partial charge in [0.1, 0.15) is 24.5 Å². The molecule has 45 heavy (non-hydrogen) atoms. The van der Waals surface area contributed by atoms with Gasteiger partial charge in [0.15, 0.2) is 11.5 Å². The van der Waals surface area contributed by atoms with Crippen molar-refractivity contribution in [2.45, 2.75) is 82.8 Å². The molecule has 2 aliphatic heterocycles. The second-order valence-corrected chi connectivity index (χ2v) is 12.4. The number of carbonyl (C=O) groups is 2. The van der Waals surface area contributed by atoms with E-state index in [9.17, 15) is 9.59 Å². The van der Waals surface area contributed by atoms with Gasteiger partial charge in [-0.25, -0.2) is 4.79 Å². The SMILES string of the molecule is COc1ccc(CC[C@H]2OC(=O)[C@@H]3CCCCN3C(=O)[C@@H](C3CCCCC3)CC=CCOCCOc3cccc2c3)cc1OC. The highest BCUT2D eigenvalue weighted by Crippen LogP contribution is 2.36. The molecule has 5 rings (SSSR count). The largest absolute Gasteiger partial charge is 0.493 e. The van der Waals surface area contributed by atoms with Crippen molar-refractivity contribution in [2.24, 2.45) is 11.8 Å². The Morgan fingerprint density at radius 1 is 0.867 bits per heavy atom. The van der Waals surface area contributed by atoms with Crippen LogP contribution < -0.4 is 14.2 Å². The molecule has 1 saturated heterocycles. The van der Waals surface area contributed by atoms with Crippen LogP contribution in [0, 0.1) is 11.8 Å². The summed E-state index contributed by atoms with van der Waals surface area (Å²) < 4.78 is 29.1. The van der Waals surface area contributed by atoms with Gasteiger partial charge in [-0.05, 0) is 92.7 Å². The van der Waals surface area contributed by atoms with Crippen LogP contribution in [0.3, 0.4) is 0 Å². The molecule has 8 heteroatoms. The minimum Gasteiger partial charge on any atom is -0.493 e. The van der Waals surface area contributed by atoms with E-state index in [0.717, 1.165) is 49.7 Å². The van der Waals surface area contributed by atoms with E-state index in [-0.39, 0.29) is 17.8 Å². The molecule has 1 amide bonds. The van der Waals surface area contributed by atoms with Gasteiger partial charge < -0.3 is 28.6 Å². The molecule has 2 bridgehead atoms. The number of nitrogens with zero attached hydrogens (tertiary/aromatic N) is 1. The number of hydrogen-bond acceptors (Lipinski definition) is 7. The Morgan fingerprint density at radius 3 is 2.51 bits per heavy atom. The van der Waals surface area contributed by atoms with Crippen molar-refractivity contribution in [2.75, 3.05) is 40.6 Å². The van der Waals surface area contributed by atoms with Crippen LogP contribution in [0.25, 0.3) is 0 Å². The zero-order chi connectivity index (χ0) is 31.4. The van der Waals surface area contributed by atoms with Crippen LogP contribution in [0.1, 0.15) is 81.4 Å². The quantitative estimate of drug-likeness (QED) is 0.258. The number of allylic oxidation sites excluding steroid dienone is 1. The predicted octanol–water partition coefficient (Wildman–Crippen LogP) is 6.85. The van der Waals surface area contributed by atoms with Crippen molar-refractivity contribution in [3.8, 4) is 17.2 Å². The zero-order valence-corrected chi connectivity index (χ0v) is 26.9. The molecule has 0 N–H and O–H groups in total. The minimum atomic E-state index is -0.577. The topological polar surface area (TPSA) is 83.5 Å². The molecular formula is C37H49NO7. The van der Waals surface area contributed by atoms with E-state index in [0.29, 0.717) is 75.2 Å². The number of amides is 1. The highest BCUT2D eigenvalue weighted by atomic mass is 16.5. The van der Waals surface area contributed by atoms with Gasteiger partial charge in [-0.3, -0.25) is 4.79 Å². The van der Waals surface area contributed by atoms with E-state index in [1.54, 1.807) is 14.2 Å². The standard InChI is InChI=1S/C37H49NO7/c1-41-34-20-18-27(25-35(34)42-2)17-19-33-29-13-10-14-30(26-29)44-24-23-43-22-9-7-15-31(28-11-4-3-5-12-28)36(39)38-21-8-6-16-32(38)37(40)45-33/h7,9-10,13-14,18,20,25-26,28,31-33H,3-6,8,11-12,15-17,19,21-24H2,1-2H3/t31-,32+,33-/m1/s1. The lowest BCUT2D eigenvalue weighted by atomic mass is 9.77. The first-order chi connectivity index (χ1) is 22.1. The molecule has 3 aliphatic rings. The summed E-state index contributed by atoms with van der Waals surface area (Å²) in [4.78, 5) is 30.2. The number of cyclic esters (lactones) is 1. The van der Waals surface area contributed by atoms with Crippen LogP contribution in [0.15, 0.2) is 54.6 Å². The lowest BCUT2D eigenvalue weighted by Gasteiger charge is -2.39. The number of carbonyl (C=O) groups excluding carboxylic acids is 2. The lowest BCUT2D eigenvalue weighted by Crippen LogP contribution is -2.52. The summed E-state index contributed by atoms with van der Waals surface area (Å²) >= 11 is 0. The normalized spacial score (nSPS) is 24.0. The van der Waals surface area contributed by atoms with E-state index in [2.05, 4.69) is 6.08 Å². The number of piperidine rings is 1. The molecule has 2 fully saturated rings. The van der Waals surface area contributed by atoms with Gasteiger partial charge in [0.05, 0.1) is 27.4 Å². The number of aryl methyl sites for hydroxylation is 1. The molecule has 0 aromatic heterocycles. The van der Waals surface area contributed by atoms with Crippen LogP contribution in [0.2, 0.25) is 0 Å². The Labute approximate surface area is 268 Å². The molecular weight excluding hydrogens is 570 g/mol. The first kappa shape index (κ1) is 32.9. The van der Waals surface area contributed by atoms with Gasteiger partial charge in [0, 0.05) is 12.5 Å². The minimum absolute atomic E-state index is 0.104. The number of ether oxygens (including phenoxy) is 5. The summed E-state index contributed by atoms with van der Waals surface area (Å²) in [6.45, 7) is 1.93. The Bertz CT molecular complexity index is 1290. The fourth-order valence-corrected chi connectivity index (χ4v) is 7.02. The van der Waals surface area contributed by atoms with Crippen molar-refractivity contribution in [3.05, 3.63) is 65.7 Å². The van der Waals surface area contributed by atoms with E-state index in [1.165, 1.54) is 6.42 Å². The maximum atomic E-state index is 14.3. The summed E-state index contributed by atoms with van der Waals surface area (Å²) in [5, 5.41) is 0. The first-order valence-corrected chi connectivity index (χ1v) is 16.7. The van der Waals surface area contributed by atoms with Crippen molar-refractivity contribution in [1.29, 1.82) is 0 Å². The molecule has 2 aromatic rings. The highest BCUT2D eigenvalue weighted by molar-refractivity contribution is 5.86. The van der Waals surface area contributed by atoms with Crippen LogP contribution in [0.5, 0.6) is 17.2 Å². The Balaban J connectivity index is 1.41. The zero-order valence-electron chi connectivity index (χ0n) is 26.9. The first-order valence-electron chi connectivity index (χ1n) is 16.7. The Hall–Kier alpha value is -3.52. The van der Waals surface area contributed by atoms with E-state index in [1.807, 2.05) is 53.4 Å². The van der Waals surface area contributed by atoms with E-state index in [4.69, 9.17) is 23.7 Å². The van der Waals surface area contributed by atoms with Gasteiger partial charge >= 0.3 is 5.97 Å². The van der Waals surface area contributed by atoms with Crippen molar-refractivity contribution >= 4 is 11.9 Å². The number of benzene rings is 2. The number of hydrogen-bond donors (Lipinski definition) is 0. The summed E-state index contributed by atoms with van der Waals surface area (Å²) in [5.74, 6) is 2.02. The van der Waals surface area contributed by atoms with Gasteiger partial charge in [-0.15, -0.1) is 0 Å². The third-order valence-corrected chi connectivity index (χ3v) is 9.49. The van der Waals surface area contributed by atoms with E-state index >= 15 is 0 Å². The summed E-state index contributed by atoms with van der Waals surface area (Å²) in [5.41, 5.74) is 1.91. The maximum Gasteiger partial charge on any atom is 0.329 e. The number of esters is 1. The van der Waals surface area contributed by atoms with Gasteiger partial charge in [0.2, 0.25) is 5.91 Å². The third kappa shape index (κ3) is 8.81. The molecule has 8 nitrogen and oxygen atoms in total. The van der Waals surface area contributed by atoms with Gasteiger partial charge in [-0.2, -0.15) is 0 Å². The Morgan fingerprint density at radius 2 is 1.69 bits per heavy atom. The summed E-state index contributed by atoms with van der Waals surface area (Å²) in [6, 6.07) is 13.0. The van der Waals surface area contributed by atoms with Crippen LogP contribution in [-0.4, -0.2) is 63.4 Å². The predicted molar refractivity (Wildman–Crippen MR) is 173 cm³/mol. The average Bonchev–Trinajstić information content (AvgIpc) is 3.09. The van der Waals surface area contributed by atoms with Gasteiger partial charge in [0.25, 0.3) is 0 Å². The van der Waals surface area contributed by atoms with E-state index < -0.39 is 12.1 Å². The molecule has 1 saturated carbocycles. The molecule has 1 aliphatic carbocycles. The third-order valence-electron chi connectivity index (χ3n) is 9.49. The molecule has 0 unspecified atom stereocenters. The van der Waals surface area contributed by atoms with Crippen molar-refractivity contribution in [3.63, 3.8) is 0 Å². The average molecular weight is 620 g/mol. The molecule has 0 radical (unpaired) electrons. The number of methoxy groups -OCH3 is 2. The van der Waals surface area contributed by atoms with Gasteiger partial charge in [-0.1, -0.05) is 49.6 Å². The summed E-state index contributed by atoms with van der Waals surface area (Å²) in [6.07, 6.45) is 13.6. The fourth-order valence-electron chi connectivity index (χ4n) is 7.02. The monoisotopic (exact) mass is 619 g/mol. The van der Waals surface area contributed by atoms with Crippen molar-refractivity contribution in [1.82, 2.24) is 4.90 Å². The van der Waals surface area contributed by atoms with Crippen LogP contribution >= 0.6 is 0 Å². The second-order valence-electron chi connectivity index (χ2n) is 12.4. The second kappa shape index (κ2) is 16.7. The molecule has 2 heterocycles. The molecule has 0 spiro atoms. The maximum absolute atomic E-state index is 14.3. The Kier molecular flexibility index (Phi) is 12.2. The smallest absolute Gasteiger partial charge is 0.329 e. The van der Waals surface area contributed by atoms with Crippen LogP contribution in [-0.2, 0) is 25.5 Å².